The number of carbonyl (C=O) groups is 1. The van der Waals surface area contributed by atoms with Crippen molar-refractivity contribution in [2.45, 2.75) is 52.4 Å². The molecule has 1 saturated heterocycles. The van der Waals surface area contributed by atoms with Crippen LogP contribution in [-0.2, 0) is 11.3 Å². The zero-order valence-electron chi connectivity index (χ0n) is 17.3. The molecule has 3 aromatic heterocycles. The van der Waals surface area contributed by atoms with Gasteiger partial charge in [-0.25, -0.2) is 29.3 Å². The average Bonchev–Trinajstić information content (AvgIpc) is 3.35. The van der Waals surface area contributed by atoms with Crippen molar-refractivity contribution in [3.63, 3.8) is 0 Å². The Labute approximate surface area is 173 Å². The topological polar surface area (TPSA) is 102 Å². The Hall–Kier alpha value is -3.17. The first-order valence-electron chi connectivity index (χ1n) is 10.2. The quantitative estimate of drug-likeness (QED) is 0.663. The van der Waals surface area contributed by atoms with E-state index >= 15 is 0 Å². The van der Waals surface area contributed by atoms with Gasteiger partial charge in [-0.3, -0.25) is 4.79 Å². The Morgan fingerprint density at radius 1 is 1.27 bits per heavy atom. The summed E-state index contributed by atoms with van der Waals surface area (Å²) in [4.78, 5) is 36.4. The van der Waals surface area contributed by atoms with E-state index in [2.05, 4.69) is 25.3 Å². The molecule has 0 radical (unpaired) electrons. The smallest absolute Gasteiger partial charge is 0.245 e. The van der Waals surface area contributed by atoms with E-state index < -0.39 is 12.2 Å². The SMILES string of the molecule is CC[C@@H](Nc1ncnc2c1nc(-c1cnc(C)nc1)n2CC)C(=O)N1CC[C@@H](F)C1. The van der Waals surface area contributed by atoms with Gasteiger partial charge in [-0.1, -0.05) is 6.92 Å². The number of nitrogens with one attached hydrogen (secondary N) is 1. The van der Waals surface area contributed by atoms with Crippen molar-refractivity contribution in [1.29, 1.82) is 0 Å². The summed E-state index contributed by atoms with van der Waals surface area (Å²) >= 11 is 0. The number of nitrogens with zero attached hydrogens (tertiary/aromatic N) is 7. The lowest BCUT2D eigenvalue weighted by Crippen LogP contribution is -2.41. The molecule has 0 bridgehead atoms. The number of alkyl halides is 1. The zero-order valence-corrected chi connectivity index (χ0v) is 17.3. The van der Waals surface area contributed by atoms with Crippen molar-refractivity contribution >= 4 is 22.9 Å². The highest BCUT2D eigenvalue weighted by Gasteiger charge is 2.31. The molecule has 9 nitrogen and oxygen atoms in total. The largest absolute Gasteiger partial charge is 0.356 e. The van der Waals surface area contributed by atoms with Gasteiger partial charge in [0.25, 0.3) is 0 Å². The van der Waals surface area contributed by atoms with E-state index in [1.807, 2.05) is 25.3 Å². The van der Waals surface area contributed by atoms with Crippen LogP contribution < -0.4 is 5.32 Å². The van der Waals surface area contributed by atoms with Crippen LogP contribution in [-0.4, -0.2) is 65.6 Å². The number of imidazole rings is 1. The Bertz CT molecular complexity index is 1050. The Kier molecular flexibility index (Phi) is 5.56. The number of hydrogen-bond donors (Lipinski definition) is 1. The van der Waals surface area contributed by atoms with Gasteiger partial charge in [-0.15, -0.1) is 0 Å². The van der Waals surface area contributed by atoms with E-state index in [-0.39, 0.29) is 12.5 Å². The molecule has 0 aromatic carbocycles. The number of aromatic nitrogens is 6. The number of fused-ring (bicyclic) bond motifs is 1. The number of carbonyl (C=O) groups excluding carboxylic acids is 1. The van der Waals surface area contributed by atoms with Crippen LogP contribution in [0.15, 0.2) is 18.7 Å². The Morgan fingerprint density at radius 2 is 2.03 bits per heavy atom. The van der Waals surface area contributed by atoms with Crippen LogP contribution in [0.2, 0.25) is 0 Å². The predicted molar refractivity (Wildman–Crippen MR) is 111 cm³/mol. The summed E-state index contributed by atoms with van der Waals surface area (Å²) in [6.45, 7) is 6.99. The van der Waals surface area contributed by atoms with Crippen molar-refractivity contribution in [3.8, 4) is 11.4 Å². The van der Waals surface area contributed by atoms with Crippen molar-refractivity contribution in [1.82, 2.24) is 34.4 Å². The summed E-state index contributed by atoms with van der Waals surface area (Å²) in [7, 11) is 0. The van der Waals surface area contributed by atoms with Crippen LogP contribution in [0.4, 0.5) is 10.2 Å². The molecular weight excluding hydrogens is 387 g/mol. The lowest BCUT2D eigenvalue weighted by molar-refractivity contribution is -0.131. The van der Waals surface area contributed by atoms with Crippen LogP contribution in [0.5, 0.6) is 0 Å². The third-order valence-corrected chi connectivity index (χ3v) is 5.35. The third-order valence-electron chi connectivity index (χ3n) is 5.35. The number of amides is 1. The molecule has 1 N–H and O–H groups in total. The molecule has 0 aliphatic carbocycles. The maximum absolute atomic E-state index is 13.6. The summed E-state index contributed by atoms with van der Waals surface area (Å²) in [6.07, 6.45) is 4.91. The first kappa shape index (κ1) is 20.1. The van der Waals surface area contributed by atoms with Crippen LogP contribution in [0.3, 0.4) is 0 Å². The minimum absolute atomic E-state index is 0.119. The predicted octanol–water partition coefficient (Wildman–Crippen LogP) is 2.37. The van der Waals surface area contributed by atoms with Crippen LogP contribution in [0.1, 0.15) is 32.5 Å². The van der Waals surface area contributed by atoms with E-state index in [1.54, 1.807) is 17.3 Å². The molecule has 1 fully saturated rings. The normalized spacial score (nSPS) is 17.5. The number of hydrogen-bond acceptors (Lipinski definition) is 7. The highest BCUT2D eigenvalue weighted by molar-refractivity contribution is 5.90. The number of halogens is 1. The minimum atomic E-state index is -0.947. The van der Waals surface area contributed by atoms with Gasteiger partial charge in [-0.2, -0.15) is 0 Å². The van der Waals surface area contributed by atoms with Crippen LogP contribution in [0.25, 0.3) is 22.6 Å². The average molecular weight is 412 g/mol. The molecule has 3 aromatic rings. The maximum atomic E-state index is 13.6. The Morgan fingerprint density at radius 3 is 2.67 bits per heavy atom. The van der Waals surface area contributed by atoms with Gasteiger partial charge < -0.3 is 14.8 Å². The van der Waals surface area contributed by atoms with E-state index in [0.29, 0.717) is 54.6 Å². The summed E-state index contributed by atoms with van der Waals surface area (Å²) < 4.78 is 15.5. The Balaban J connectivity index is 1.69. The lowest BCUT2D eigenvalue weighted by Gasteiger charge is -2.23. The molecule has 0 spiro atoms. The summed E-state index contributed by atoms with van der Waals surface area (Å²) in [5, 5.41) is 3.22. The fourth-order valence-corrected chi connectivity index (χ4v) is 3.71. The van der Waals surface area contributed by atoms with Gasteiger partial charge in [0, 0.05) is 25.5 Å². The number of likely N-dealkylation sites (tertiary alicyclic amines) is 1. The summed E-state index contributed by atoms with van der Waals surface area (Å²) in [5.41, 5.74) is 2.02. The molecular formula is C20H25FN8O. The molecule has 1 aliphatic heterocycles. The highest BCUT2D eigenvalue weighted by Crippen LogP contribution is 2.27. The molecule has 0 saturated carbocycles. The standard InChI is InChI=1S/C20H25FN8O/c1-4-15(20(30)28-7-6-14(21)10-28)26-17-16-19(25-11-24-17)29(5-2)18(27-16)13-8-22-12(3)23-9-13/h8-9,11,14-15H,4-7,10H2,1-3H3,(H,24,25,26)/t14-,15-/m1/s1. The molecule has 30 heavy (non-hydrogen) atoms. The molecule has 158 valence electrons. The second-order valence-electron chi connectivity index (χ2n) is 7.37. The van der Waals surface area contributed by atoms with Crippen molar-refractivity contribution in [2.75, 3.05) is 18.4 Å². The molecule has 4 rings (SSSR count). The van der Waals surface area contributed by atoms with E-state index in [9.17, 15) is 9.18 Å². The van der Waals surface area contributed by atoms with Crippen LogP contribution >= 0.6 is 0 Å². The molecule has 1 aliphatic rings. The van der Waals surface area contributed by atoms with E-state index in [4.69, 9.17) is 4.98 Å². The summed E-state index contributed by atoms with van der Waals surface area (Å²) in [5.74, 6) is 1.74. The van der Waals surface area contributed by atoms with Gasteiger partial charge in [-0.05, 0) is 26.7 Å². The molecule has 2 atom stereocenters. The number of aryl methyl sites for hydroxylation is 2. The van der Waals surface area contributed by atoms with Gasteiger partial charge >= 0.3 is 0 Å². The van der Waals surface area contributed by atoms with Crippen molar-refractivity contribution in [2.24, 2.45) is 0 Å². The molecule has 1 amide bonds. The molecule has 0 unspecified atom stereocenters. The fraction of sp³-hybridized carbons (Fsp3) is 0.500. The van der Waals surface area contributed by atoms with Gasteiger partial charge in [0.2, 0.25) is 5.91 Å². The monoisotopic (exact) mass is 412 g/mol. The zero-order chi connectivity index (χ0) is 21.3. The molecule has 4 heterocycles. The van der Waals surface area contributed by atoms with Gasteiger partial charge in [0.05, 0.1) is 12.1 Å². The van der Waals surface area contributed by atoms with Crippen LogP contribution in [0, 0.1) is 6.92 Å². The van der Waals surface area contributed by atoms with Gasteiger partial charge in [0.15, 0.2) is 17.0 Å². The highest BCUT2D eigenvalue weighted by atomic mass is 19.1. The number of rotatable bonds is 6. The first-order chi connectivity index (χ1) is 14.5. The first-order valence-corrected chi connectivity index (χ1v) is 10.2. The maximum Gasteiger partial charge on any atom is 0.245 e. The second kappa shape index (κ2) is 8.29. The second-order valence-corrected chi connectivity index (χ2v) is 7.37. The third kappa shape index (κ3) is 3.69. The van der Waals surface area contributed by atoms with Gasteiger partial charge in [0.1, 0.15) is 30.2 Å². The fourth-order valence-electron chi connectivity index (χ4n) is 3.71. The van der Waals surface area contributed by atoms with Crippen molar-refractivity contribution in [3.05, 3.63) is 24.5 Å². The van der Waals surface area contributed by atoms with E-state index in [1.165, 1.54) is 6.33 Å². The molecule has 10 heteroatoms. The number of anilines is 1. The summed E-state index contributed by atoms with van der Waals surface area (Å²) in [6, 6.07) is -0.508. The lowest BCUT2D eigenvalue weighted by atomic mass is 10.2. The minimum Gasteiger partial charge on any atom is -0.356 e. The van der Waals surface area contributed by atoms with Crippen molar-refractivity contribution < 1.29 is 9.18 Å². The van der Waals surface area contributed by atoms with E-state index in [0.717, 1.165) is 5.56 Å².